The summed E-state index contributed by atoms with van der Waals surface area (Å²) in [5.74, 6) is -7.56. The van der Waals surface area contributed by atoms with E-state index in [4.69, 9.17) is 40.3 Å². The summed E-state index contributed by atoms with van der Waals surface area (Å²) >= 11 is 6.39. The van der Waals surface area contributed by atoms with Crippen LogP contribution in [0.4, 0.5) is 0 Å². The van der Waals surface area contributed by atoms with Crippen LogP contribution in [0.3, 0.4) is 0 Å². The monoisotopic (exact) mass is 1150 g/mol. The van der Waals surface area contributed by atoms with Crippen molar-refractivity contribution < 1.29 is 43.2 Å². The number of nitrogens with two attached hydrogens (primary N) is 5. The maximum absolute atomic E-state index is 15.2. The van der Waals surface area contributed by atoms with Gasteiger partial charge in [-0.1, -0.05) is 72.3 Å². The molecule has 26 heteroatoms. The number of fused-ring (bicyclic) bond motifs is 2. The zero-order chi connectivity index (χ0) is 59.3. The summed E-state index contributed by atoms with van der Waals surface area (Å²) in [4.78, 5) is 140. The van der Waals surface area contributed by atoms with Crippen molar-refractivity contribution in [2.75, 3.05) is 26.2 Å². The first-order valence-electron chi connectivity index (χ1n) is 27.3. The highest BCUT2D eigenvalue weighted by atomic mass is 35.5. The molecular formula is C56H75ClN16O9. The van der Waals surface area contributed by atoms with Crippen molar-refractivity contribution in [3.8, 4) is 0 Å². The van der Waals surface area contributed by atoms with Crippen LogP contribution in [0.1, 0.15) is 81.4 Å². The van der Waals surface area contributed by atoms with Gasteiger partial charge in [0, 0.05) is 68.1 Å². The van der Waals surface area contributed by atoms with Gasteiger partial charge in [0.1, 0.15) is 42.3 Å². The molecule has 1 aromatic heterocycles. The van der Waals surface area contributed by atoms with Gasteiger partial charge in [-0.2, -0.15) is 0 Å². The lowest BCUT2D eigenvalue weighted by molar-refractivity contribution is -0.143. The Labute approximate surface area is 479 Å². The molecule has 2 aliphatic rings. The van der Waals surface area contributed by atoms with Crippen molar-refractivity contribution >= 4 is 87.6 Å². The van der Waals surface area contributed by atoms with Gasteiger partial charge in [-0.05, 0) is 98.6 Å². The van der Waals surface area contributed by atoms with Gasteiger partial charge in [0.15, 0.2) is 11.9 Å². The number of aliphatic imine (C=N–C) groups is 2. The lowest BCUT2D eigenvalue weighted by Crippen LogP contribution is -2.60. The predicted molar refractivity (Wildman–Crippen MR) is 309 cm³/mol. The number of carbonyl (C=O) groups excluding carboxylic acids is 9. The minimum absolute atomic E-state index is 0.0234. The van der Waals surface area contributed by atoms with Gasteiger partial charge in [0.05, 0.1) is 6.42 Å². The third kappa shape index (κ3) is 19.2. The van der Waals surface area contributed by atoms with E-state index in [1.54, 1.807) is 54.7 Å². The van der Waals surface area contributed by atoms with Crippen molar-refractivity contribution in [3.63, 3.8) is 0 Å². The smallest absolute Gasteiger partial charge is 0.246 e. The number of H-pyrrole nitrogens is 1. The average molecular weight is 1150 g/mol. The molecule has 9 amide bonds. The minimum Gasteiger partial charge on any atom is -0.370 e. The van der Waals surface area contributed by atoms with Crippen LogP contribution in [-0.4, -0.2) is 143 Å². The summed E-state index contributed by atoms with van der Waals surface area (Å²) in [6, 6.07) is 13.8. The van der Waals surface area contributed by atoms with E-state index >= 15 is 9.59 Å². The molecule has 2 aliphatic heterocycles. The van der Waals surface area contributed by atoms with E-state index in [1.165, 1.54) is 11.8 Å². The zero-order valence-electron chi connectivity index (χ0n) is 45.8. The second kappa shape index (κ2) is 30.7. The molecule has 0 bridgehead atoms. The highest BCUT2D eigenvalue weighted by Crippen LogP contribution is 2.29. The normalized spacial score (nSPS) is 22.0. The van der Waals surface area contributed by atoms with Crippen LogP contribution in [0.2, 0.25) is 5.02 Å². The Kier molecular flexibility index (Phi) is 23.4. The second-order valence-corrected chi connectivity index (χ2v) is 21.0. The van der Waals surface area contributed by atoms with E-state index in [1.807, 2.05) is 30.3 Å². The van der Waals surface area contributed by atoms with E-state index in [-0.39, 0.29) is 108 Å². The van der Waals surface area contributed by atoms with Gasteiger partial charge in [0.25, 0.3) is 0 Å². The predicted octanol–water partition coefficient (Wildman–Crippen LogP) is -0.722. The van der Waals surface area contributed by atoms with Crippen molar-refractivity contribution in [1.82, 2.24) is 47.1 Å². The Hall–Kier alpha value is -8.74. The molecule has 82 heavy (non-hydrogen) atoms. The number of rotatable bonds is 18. The Bertz CT molecular complexity index is 2970. The van der Waals surface area contributed by atoms with Gasteiger partial charge in [0.2, 0.25) is 53.2 Å². The Morgan fingerprint density at radius 3 is 2.09 bits per heavy atom. The number of amides is 9. The highest BCUT2D eigenvalue weighted by molar-refractivity contribution is 6.30. The molecule has 0 radical (unpaired) electrons. The minimum atomic E-state index is -1.60. The van der Waals surface area contributed by atoms with Crippen LogP contribution >= 0.6 is 11.6 Å². The molecule has 25 nitrogen and oxygen atoms in total. The maximum Gasteiger partial charge on any atom is 0.246 e. The lowest BCUT2D eigenvalue weighted by Gasteiger charge is -2.31. The lowest BCUT2D eigenvalue weighted by atomic mass is 9.96. The quantitative estimate of drug-likeness (QED) is 0.0333. The van der Waals surface area contributed by atoms with E-state index in [0.29, 0.717) is 22.6 Å². The van der Waals surface area contributed by atoms with Gasteiger partial charge in [-0.3, -0.25) is 53.1 Å². The fraction of sp³-hybridized carbons (Fsp3) is 0.446. The SMILES string of the molecule is CC(=O)N[C@@H](CCCN=C(N)N)C(=O)N[C@H]1CC(=O)NCCCC[C@@H](C(N)=O)NC(=O)[C@H](Cc2c[nH]c3ccccc23)NC(=O)[C@H](CCCN=C(N)N)NC(=O)[C@@H](Cc2ccccc2)NC(=O)[C@@H]2C[C@@H](Cc3cccc(Cl)c3)CN2C1=O. The fourth-order valence-electron chi connectivity index (χ4n) is 10.1. The Morgan fingerprint density at radius 1 is 0.732 bits per heavy atom. The summed E-state index contributed by atoms with van der Waals surface area (Å²) < 4.78 is 0. The summed E-state index contributed by atoms with van der Waals surface area (Å²) in [7, 11) is 0. The van der Waals surface area contributed by atoms with Crippen LogP contribution in [0, 0.1) is 5.92 Å². The summed E-state index contributed by atoms with van der Waals surface area (Å²) in [6.07, 6.45) is 2.27. The number of primary amides is 1. The Morgan fingerprint density at radius 2 is 1.38 bits per heavy atom. The van der Waals surface area contributed by atoms with Crippen LogP contribution in [-0.2, 0) is 62.4 Å². The van der Waals surface area contributed by atoms with E-state index in [0.717, 1.165) is 16.5 Å². The number of hydrogen-bond donors (Lipinski definition) is 13. The average Bonchev–Trinajstić information content (AvgIpc) is 4.12. The van der Waals surface area contributed by atoms with Crippen LogP contribution in [0.5, 0.6) is 0 Å². The molecule has 3 aromatic carbocycles. The summed E-state index contributed by atoms with van der Waals surface area (Å²) in [5.41, 5.74) is 30.9. The molecule has 8 atom stereocenters. The zero-order valence-corrected chi connectivity index (χ0v) is 46.6. The third-order valence-corrected chi connectivity index (χ3v) is 14.4. The molecule has 2 saturated heterocycles. The molecular weight excluding hydrogens is 1080 g/mol. The molecule has 4 aromatic rings. The van der Waals surface area contributed by atoms with Crippen LogP contribution in [0.15, 0.2) is 95.0 Å². The molecule has 3 heterocycles. The topological polar surface area (TPSA) is 412 Å². The number of hydrogen-bond acceptors (Lipinski definition) is 11. The number of benzene rings is 3. The Balaban J connectivity index is 1.40. The second-order valence-electron chi connectivity index (χ2n) is 20.6. The van der Waals surface area contributed by atoms with Crippen LogP contribution < -0.4 is 65.9 Å². The van der Waals surface area contributed by atoms with E-state index < -0.39 is 102 Å². The van der Waals surface area contributed by atoms with E-state index in [9.17, 15) is 33.6 Å². The molecule has 0 spiro atoms. The highest BCUT2D eigenvalue weighted by Gasteiger charge is 2.44. The molecule has 2 fully saturated rings. The van der Waals surface area contributed by atoms with Gasteiger partial charge in [-0.25, -0.2) is 0 Å². The molecule has 6 rings (SSSR count). The number of halogens is 1. The number of carbonyl (C=O) groups is 9. The number of nitrogens with one attached hydrogen (secondary N) is 8. The van der Waals surface area contributed by atoms with Crippen LogP contribution in [0.25, 0.3) is 10.9 Å². The molecule has 0 aliphatic carbocycles. The molecule has 0 saturated carbocycles. The van der Waals surface area contributed by atoms with Crippen molar-refractivity contribution in [3.05, 3.63) is 107 Å². The number of aromatic amines is 1. The largest absolute Gasteiger partial charge is 0.370 e. The first-order chi connectivity index (χ1) is 39.2. The number of guanidine groups is 2. The van der Waals surface area contributed by atoms with Gasteiger partial charge in [-0.15, -0.1) is 0 Å². The molecule has 440 valence electrons. The van der Waals surface area contributed by atoms with Crippen molar-refractivity contribution in [2.24, 2.45) is 44.6 Å². The fourth-order valence-corrected chi connectivity index (χ4v) is 10.4. The van der Waals surface area contributed by atoms with Crippen molar-refractivity contribution in [2.45, 2.75) is 126 Å². The number of nitrogens with zero attached hydrogens (tertiary/aromatic N) is 3. The molecule has 18 N–H and O–H groups in total. The van der Waals surface area contributed by atoms with Gasteiger partial charge < -0.3 is 75.8 Å². The summed E-state index contributed by atoms with van der Waals surface area (Å²) in [6.45, 7) is 1.38. The van der Waals surface area contributed by atoms with Gasteiger partial charge >= 0.3 is 0 Å². The standard InChI is InChI=1S/C56H75ClN16O9/c1-32(74)67-41(19-10-22-64-55(59)60)49(77)72-45-29-47(75)63-21-8-7-18-40(48(58)76)68-52(80)44(28-36-30-66-39-17-6-5-16-38(36)39)70-50(78)42(20-11-23-65-56(61)62)69-51(79)43(26-33-12-3-2-4-13-33)71-53(81)46-27-35(31-73(46)54(45)82)24-34-14-9-15-37(57)25-34/h2-6,9,12-17,25,30,35,40-46,66H,7-8,10-11,18-24,26-29,31H2,1H3,(H2,58,76)(H,63,75)(H,67,74)(H,68,80)(H,69,79)(H,70,78)(H,71,81)(H,72,77)(H4,59,60,64)(H4,61,62,65)/t35-,40+,41+,42+,43-,44+,45+,46+/m1/s1. The maximum atomic E-state index is 15.2. The number of para-hydroxylation sites is 1. The first-order valence-corrected chi connectivity index (χ1v) is 27.7. The molecule has 0 unspecified atom stereocenters. The first kappa shape index (κ1) is 62.5. The third-order valence-electron chi connectivity index (χ3n) is 14.2. The number of aromatic nitrogens is 1. The van der Waals surface area contributed by atoms with Crippen molar-refractivity contribution in [1.29, 1.82) is 0 Å². The summed E-state index contributed by atoms with van der Waals surface area (Å²) in [5, 5.41) is 20.5. The van der Waals surface area contributed by atoms with E-state index in [2.05, 4.69) is 52.2 Å².